The van der Waals surface area contributed by atoms with Crippen molar-refractivity contribution >= 4 is 18.3 Å². The first-order valence-electron chi connectivity index (χ1n) is 6.21. The molecule has 0 bridgehead atoms. The molecule has 0 aliphatic heterocycles. The van der Waals surface area contributed by atoms with E-state index in [4.69, 9.17) is 10.3 Å². The number of carbonyl (C=O) groups excluding carboxylic acids is 1. The van der Waals surface area contributed by atoms with Crippen molar-refractivity contribution < 1.29 is 9.32 Å². The maximum Gasteiger partial charge on any atom is 0.246 e. The average molecular weight is 289 g/mol. The summed E-state index contributed by atoms with van der Waals surface area (Å²) >= 11 is 0. The van der Waals surface area contributed by atoms with Crippen LogP contribution in [0.25, 0.3) is 0 Å². The van der Waals surface area contributed by atoms with E-state index in [1.54, 1.807) is 0 Å². The van der Waals surface area contributed by atoms with Gasteiger partial charge in [-0.05, 0) is 19.3 Å². The van der Waals surface area contributed by atoms with Gasteiger partial charge < -0.3 is 15.6 Å². The lowest BCUT2D eigenvalue weighted by molar-refractivity contribution is -0.128. The summed E-state index contributed by atoms with van der Waals surface area (Å²) in [6.07, 6.45) is 2.88. The van der Waals surface area contributed by atoms with Crippen molar-refractivity contribution in [1.82, 2.24) is 15.5 Å². The molecule has 0 unspecified atom stereocenters. The fourth-order valence-corrected chi connectivity index (χ4v) is 1.73. The number of halogens is 1. The molecule has 2 rings (SSSR count). The highest BCUT2D eigenvalue weighted by atomic mass is 35.5. The predicted molar refractivity (Wildman–Crippen MR) is 72.6 cm³/mol. The van der Waals surface area contributed by atoms with Crippen LogP contribution in [0, 0.1) is 5.41 Å². The molecule has 1 saturated carbocycles. The number of aromatic nitrogens is 2. The molecule has 0 radical (unpaired) electrons. The Labute approximate surface area is 118 Å². The molecular weight excluding hydrogens is 268 g/mol. The van der Waals surface area contributed by atoms with E-state index in [-0.39, 0.29) is 24.9 Å². The molecule has 1 aromatic heterocycles. The van der Waals surface area contributed by atoms with Crippen molar-refractivity contribution in [2.24, 2.45) is 11.1 Å². The monoisotopic (exact) mass is 288 g/mol. The Hall–Kier alpha value is -1.14. The van der Waals surface area contributed by atoms with E-state index in [1.807, 2.05) is 20.8 Å². The third-order valence-corrected chi connectivity index (χ3v) is 3.24. The first-order valence-corrected chi connectivity index (χ1v) is 6.21. The number of nitrogens with zero attached hydrogens (tertiary/aromatic N) is 2. The summed E-state index contributed by atoms with van der Waals surface area (Å²) in [4.78, 5) is 15.9. The van der Waals surface area contributed by atoms with Crippen molar-refractivity contribution in [1.29, 1.82) is 0 Å². The van der Waals surface area contributed by atoms with E-state index in [1.165, 1.54) is 0 Å². The largest absolute Gasteiger partial charge is 0.347 e. The SMILES string of the molecule is CC(C)(C)C(=O)NCc1nc(C2(N)CCC2)no1.Cl. The first kappa shape index (κ1) is 15.9. The van der Waals surface area contributed by atoms with Crippen LogP contribution >= 0.6 is 12.4 Å². The minimum Gasteiger partial charge on any atom is -0.347 e. The molecule has 7 heteroatoms. The number of hydrogen-bond acceptors (Lipinski definition) is 5. The molecule has 3 N–H and O–H groups in total. The van der Waals surface area contributed by atoms with E-state index in [0.717, 1.165) is 19.3 Å². The van der Waals surface area contributed by atoms with Crippen LogP contribution in [-0.2, 0) is 16.9 Å². The molecule has 1 fully saturated rings. The van der Waals surface area contributed by atoms with E-state index >= 15 is 0 Å². The fourth-order valence-electron chi connectivity index (χ4n) is 1.73. The average Bonchev–Trinajstić information content (AvgIpc) is 2.70. The van der Waals surface area contributed by atoms with Gasteiger partial charge in [0.25, 0.3) is 0 Å². The zero-order valence-corrected chi connectivity index (χ0v) is 12.3. The number of amides is 1. The van der Waals surface area contributed by atoms with E-state index in [2.05, 4.69) is 15.5 Å². The Kier molecular flexibility index (Phi) is 4.58. The number of hydrogen-bond donors (Lipinski definition) is 2. The highest BCUT2D eigenvalue weighted by molar-refractivity contribution is 5.85. The molecule has 1 aliphatic carbocycles. The molecule has 1 amide bonds. The molecule has 0 atom stereocenters. The fraction of sp³-hybridized carbons (Fsp3) is 0.750. The van der Waals surface area contributed by atoms with Gasteiger partial charge in [0, 0.05) is 5.41 Å². The second-order valence-corrected chi connectivity index (χ2v) is 5.95. The van der Waals surface area contributed by atoms with Crippen molar-refractivity contribution in [3.63, 3.8) is 0 Å². The van der Waals surface area contributed by atoms with Gasteiger partial charge >= 0.3 is 0 Å². The van der Waals surface area contributed by atoms with Gasteiger partial charge in [0.05, 0.1) is 12.1 Å². The Balaban J connectivity index is 0.00000180. The number of rotatable bonds is 3. The van der Waals surface area contributed by atoms with Crippen molar-refractivity contribution in [3.05, 3.63) is 11.7 Å². The highest BCUT2D eigenvalue weighted by Crippen LogP contribution is 2.36. The maximum atomic E-state index is 11.7. The molecule has 108 valence electrons. The third-order valence-electron chi connectivity index (χ3n) is 3.24. The van der Waals surface area contributed by atoms with Crippen LogP contribution in [-0.4, -0.2) is 16.0 Å². The zero-order chi connectivity index (χ0) is 13.4. The lowest BCUT2D eigenvalue weighted by Crippen LogP contribution is -2.44. The normalized spacial score (nSPS) is 17.3. The minimum atomic E-state index is -0.425. The standard InChI is InChI=1S/C12H20N4O2.ClH/c1-11(2,3)10(17)14-7-8-15-9(16-18-8)12(13)5-4-6-12;/h4-7,13H2,1-3H3,(H,14,17);1H. The Bertz CT molecular complexity index is 449. The van der Waals surface area contributed by atoms with Crippen LogP contribution in [0.4, 0.5) is 0 Å². The van der Waals surface area contributed by atoms with Crippen molar-refractivity contribution in [2.75, 3.05) is 0 Å². The molecule has 0 saturated heterocycles. The quantitative estimate of drug-likeness (QED) is 0.879. The lowest BCUT2D eigenvalue weighted by Gasteiger charge is -2.34. The second-order valence-electron chi connectivity index (χ2n) is 5.95. The van der Waals surface area contributed by atoms with Gasteiger partial charge in [-0.25, -0.2) is 0 Å². The second kappa shape index (κ2) is 5.46. The molecule has 0 aromatic carbocycles. The Morgan fingerprint density at radius 1 is 1.47 bits per heavy atom. The van der Waals surface area contributed by atoms with Gasteiger partial charge in [-0.2, -0.15) is 4.98 Å². The van der Waals surface area contributed by atoms with Gasteiger partial charge in [-0.3, -0.25) is 4.79 Å². The third kappa shape index (κ3) is 3.45. The van der Waals surface area contributed by atoms with Crippen LogP contribution in [0.3, 0.4) is 0 Å². The summed E-state index contributed by atoms with van der Waals surface area (Å²) in [7, 11) is 0. The Morgan fingerprint density at radius 2 is 2.11 bits per heavy atom. The lowest BCUT2D eigenvalue weighted by atomic mass is 9.77. The smallest absolute Gasteiger partial charge is 0.246 e. The molecule has 6 nitrogen and oxygen atoms in total. The first-order chi connectivity index (χ1) is 8.31. The maximum absolute atomic E-state index is 11.7. The van der Waals surface area contributed by atoms with Gasteiger partial charge in [-0.15, -0.1) is 12.4 Å². The van der Waals surface area contributed by atoms with Gasteiger partial charge in [0.15, 0.2) is 5.82 Å². The van der Waals surface area contributed by atoms with E-state index in [0.29, 0.717) is 11.7 Å². The summed E-state index contributed by atoms with van der Waals surface area (Å²) in [6.45, 7) is 5.81. The molecule has 0 spiro atoms. The summed E-state index contributed by atoms with van der Waals surface area (Å²) in [5, 5.41) is 6.65. The summed E-state index contributed by atoms with van der Waals surface area (Å²) in [5.74, 6) is 0.904. The number of nitrogens with one attached hydrogen (secondary N) is 1. The molecule has 1 aliphatic rings. The molecule has 19 heavy (non-hydrogen) atoms. The molecular formula is C12H21ClN4O2. The van der Waals surface area contributed by atoms with Gasteiger partial charge in [0.1, 0.15) is 0 Å². The van der Waals surface area contributed by atoms with Crippen LogP contribution in [0.1, 0.15) is 51.7 Å². The predicted octanol–water partition coefficient (Wildman–Crippen LogP) is 1.49. The minimum absolute atomic E-state index is 0. The van der Waals surface area contributed by atoms with Crippen LogP contribution in [0.2, 0.25) is 0 Å². The summed E-state index contributed by atoms with van der Waals surface area (Å²) < 4.78 is 5.09. The zero-order valence-electron chi connectivity index (χ0n) is 11.5. The van der Waals surface area contributed by atoms with Crippen LogP contribution < -0.4 is 11.1 Å². The van der Waals surface area contributed by atoms with E-state index < -0.39 is 11.0 Å². The number of nitrogens with two attached hydrogens (primary N) is 1. The Morgan fingerprint density at radius 3 is 2.58 bits per heavy atom. The van der Waals surface area contributed by atoms with Crippen molar-refractivity contribution in [3.8, 4) is 0 Å². The highest BCUT2D eigenvalue weighted by Gasteiger charge is 2.39. The molecule has 1 heterocycles. The van der Waals surface area contributed by atoms with Gasteiger partial charge in [0.2, 0.25) is 11.8 Å². The van der Waals surface area contributed by atoms with Crippen LogP contribution in [0.5, 0.6) is 0 Å². The van der Waals surface area contributed by atoms with Gasteiger partial charge in [-0.1, -0.05) is 25.9 Å². The van der Waals surface area contributed by atoms with Crippen LogP contribution in [0.15, 0.2) is 4.52 Å². The topological polar surface area (TPSA) is 94.0 Å². The summed E-state index contributed by atoms with van der Waals surface area (Å²) in [6, 6.07) is 0. The number of carbonyl (C=O) groups is 1. The van der Waals surface area contributed by atoms with Crippen molar-refractivity contribution in [2.45, 2.75) is 52.1 Å². The van der Waals surface area contributed by atoms with E-state index in [9.17, 15) is 4.79 Å². The summed E-state index contributed by atoms with van der Waals surface area (Å²) in [5.41, 5.74) is 5.24. The molecule has 1 aromatic rings.